The van der Waals surface area contributed by atoms with E-state index in [4.69, 9.17) is 0 Å². The summed E-state index contributed by atoms with van der Waals surface area (Å²) < 4.78 is 3.49. The first-order chi connectivity index (χ1) is 7.46. The van der Waals surface area contributed by atoms with Gasteiger partial charge in [-0.1, -0.05) is 42.8 Å². The van der Waals surface area contributed by atoms with Crippen molar-refractivity contribution in [1.82, 2.24) is 4.57 Å². The Morgan fingerprint density at radius 1 is 1.19 bits per heavy atom. The molecule has 0 N–H and O–H groups in total. The molecule has 0 aliphatic carbocycles. The Hall–Kier alpha value is -0.760. The molecule has 0 saturated carbocycles. The highest BCUT2D eigenvalue weighted by Gasteiger charge is 2.10. The number of aromatic nitrogens is 1. The number of hydrogen-bond acceptors (Lipinski definition) is 0. The molecule has 2 rings (SSSR count). The van der Waals surface area contributed by atoms with E-state index < -0.39 is 0 Å². The van der Waals surface area contributed by atoms with Crippen LogP contribution in [0, 0.1) is 5.41 Å². The quantitative estimate of drug-likeness (QED) is 0.741. The fourth-order valence-electron chi connectivity index (χ4n) is 1.81. The highest BCUT2D eigenvalue weighted by molar-refractivity contribution is 9.10. The van der Waals surface area contributed by atoms with Crippen LogP contribution in [-0.4, -0.2) is 4.57 Å². The predicted molar refractivity (Wildman–Crippen MR) is 73.7 cm³/mol. The van der Waals surface area contributed by atoms with E-state index in [1.165, 1.54) is 17.3 Å². The third-order valence-corrected chi connectivity index (χ3v) is 3.33. The van der Waals surface area contributed by atoms with Crippen LogP contribution >= 0.6 is 15.9 Å². The van der Waals surface area contributed by atoms with Crippen LogP contribution in [0.3, 0.4) is 0 Å². The number of halogens is 1. The second-order valence-corrected chi connectivity index (χ2v) is 6.44. The van der Waals surface area contributed by atoms with Gasteiger partial charge in [-0.05, 0) is 35.4 Å². The summed E-state index contributed by atoms with van der Waals surface area (Å²) in [5.41, 5.74) is 1.71. The highest BCUT2D eigenvalue weighted by atomic mass is 79.9. The van der Waals surface area contributed by atoms with Gasteiger partial charge in [0.1, 0.15) is 0 Å². The number of aryl methyl sites for hydroxylation is 1. The van der Waals surface area contributed by atoms with Gasteiger partial charge in [0.2, 0.25) is 0 Å². The Balaban J connectivity index is 2.28. The molecule has 0 amide bonds. The SMILES string of the molecule is CC(C)(C)CCn1ccc2ccc(Br)cc21. The summed E-state index contributed by atoms with van der Waals surface area (Å²) in [5.74, 6) is 0. The summed E-state index contributed by atoms with van der Waals surface area (Å²) >= 11 is 3.53. The van der Waals surface area contributed by atoms with E-state index in [0.717, 1.165) is 11.0 Å². The molecule has 0 radical (unpaired) electrons. The fraction of sp³-hybridized carbons (Fsp3) is 0.429. The standard InChI is InChI=1S/C14H18BrN/c1-14(2,3)7-9-16-8-6-11-4-5-12(15)10-13(11)16/h4-6,8,10H,7,9H2,1-3H3. The number of nitrogens with zero attached hydrogens (tertiary/aromatic N) is 1. The zero-order valence-electron chi connectivity index (χ0n) is 10.1. The van der Waals surface area contributed by atoms with Crippen molar-refractivity contribution in [1.29, 1.82) is 0 Å². The van der Waals surface area contributed by atoms with Crippen LogP contribution in [0.2, 0.25) is 0 Å². The van der Waals surface area contributed by atoms with Gasteiger partial charge in [0, 0.05) is 22.7 Å². The van der Waals surface area contributed by atoms with Crippen LogP contribution in [0.4, 0.5) is 0 Å². The molecule has 1 heterocycles. The van der Waals surface area contributed by atoms with Gasteiger partial charge < -0.3 is 4.57 Å². The second-order valence-electron chi connectivity index (χ2n) is 5.52. The van der Waals surface area contributed by atoms with Crippen LogP contribution in [0.5, 0.6) is 0 Å². The Kier molecular flexibility index (Phi) is 3.11. The third-order valence-electron chi connectivity index (χ3n) is 2.84. The molecule has 0 fully saturated rings. The molecule has 0 spiro atoms. The summed E-state index contributed by atoms with van der Waals surface area (Å²) in [5, 5.41) is 1.32. The molecule has 0 bridgehead atoms. The predicted octanol–water partition coefficient (Wildman–Crippen LogP) is 4.84. The maximum atomic E-state index is 3.53. The van der Waals surface area contributed by atoms with Crippen LogP contribution in [0.25, 0.3) is 10.9 Å². The molecule has 16 heavy (non-hydrogen) atoms. The molecule has 2 aromatic rings. The normalized spacial score (nSPS) is 12.2. The van der Waals surface area contributed by atoms with Crippen LogP contribution in [0.15, 0.2) is 34.9 Å². The van der Waals surface area contributed by atoms with E-state index in [1.54, 1.807) is 0 Å². The molecule has 2 heteroatoms. The first-order valence-electron chi connectivity index (χ1n) is 5.70. The zero-order valence-corrected chi connectivity index (χ0v) is 11.7. The van der Waals surface area contributed by atoms with Crippen molar-refractivity contribution >= 4 is 26.8 Å². The summed E-state index contributed by atoms with van der Waals surface area (Å²) in [6, 6.07) is 8.63. The Morgan fingerprint density at radius 3 is 2.62 bits per heavy atom. The van der Waals surface area contributed by atoms with Crippen molar-refractivity contribution in [2.45, 2.75) is 33.7 Å². The van der Waals surface area contributed by atoms with Gasteiger partial charge in [-0.3, -0.25) is 0 Å². The molecular formula is C14H18BrN. The van der Waals surface area contributed by atoms with Crippen molar-refractivity contribution in [3.05, 3.63) is 34.9 Å². The molecule has 0 aliphatic rings. The van der Waals surface area contributed by atoms with Crippen molar-refractivity contribution in [2.75, 3.05) is 0 Å². The molecule has 1 nitrogen and oxygen atoms in total. The lowest BCUT2D eigenvalue weighted by atomic mass is 9.92. The minimum atomic E-state index is 0.391. The minimum Gasteiger partial charge on any atom is -0.347 e. The molecule has 0 aliphatic heterocycles. The lowest BCUT2D eigenvalue weighted by Gasteiger charge is -2.18. The van der Waals surface area contributed by atoms with Crippen molar-refractivity contribution in [3.8, 4) is 0 Å². The van der Waals surface area contributed by atoms with E-state index >= 15 is 0 Å². The summed E-state index contributed by atoms with van der Waals surface area (Å²) in [4.78, 5) is 0. The van der Waals surface area contributed by atoms with Crippen molar-refractivity contribution in [3.63, 3.8) is 0 Å². The lowest BCUT2D eigenvalue weighted by molar-refractivity contribution is 0.353. The third kappa shape index (κ3) is 2.67. The van der Waals surface area contributed by atoms with Gasteiger partial charge in [-0.25, -0.2) is 0 Å². The number of fused-ring (bicyclic) bond motifs is 1. The van der Waals surface area contributed by atoms with E-state index in [1.807, 2.05) is 0 Å². The van der Waals surface area contributed by atoms with Gasteiger partial charge in [0.05, 0.1) is 0 Å². The number of rotatable bonds is 2. The first-order valence-corrected chi connectivity index (χ1v) is 6.49. The molecule has 0 unspecified atom stereocenters. The van der Waals surface area contributed by atoms with Gasteiger partial charge in [0.15, 0.2) is 0 Å². The Labute approximate surface area is 106 Å². The average Bonchev–Trinajstić information content (AvgIpc) is 2.56. The minimum absolute atomic E-state index is 0.391. The molecule has 1 aromatic carbocycles. The van der Waals surface area contributed by atoms with E-state index in [-0.39, 0.29) is 0 Å². The fourth-order valence-corrected chi connectivity index (χ4v) is 2.16. The van der Waals surface area contributed by atoms with Crippen molar-refractivity contribution < 1.29 is 0 Å². The first kappa shape index (κ1) is 11.7. The zero-order chi connectivity index (χ0) is 11.8. The van der Waals surface area contributed by atoms with E-state index in [9.17, 15) is 0 Å². The summed E-state index contributed by atoms with van der Waals surface area (Å²) in [7, 11) is 0. The van der Waals surface area contributed by atoms with Crippen LogP contribution < -0.4 is 0 Å². The van der Waals surface area contributed by atoms with E-state index in [2.05, 4.69) is 71.7 Å². The lowest BCUT2D eigenvalue weighted by Crippen LogP contribution is -2.09. The van der Waals surface area contributed by atoms with Gasteiger partial charge in [0.25, 0.3) is 0 Å². The molecule has 0 saturated heterocycles. The van der Waals surface area contributed by atoms with Gasteiger partial charge >= 0.3 is 0 Å². The average molecular weight is 280 g/mol. The molecule has 0 atom stereocenters. The topological polar surface area (TPSA) is 4.93 Å². The Morgan fingerprint density at radius 2 is 1.94 bits per heavy atom. The maximum absolute atomic E-state index is 3.53. The number of hydrogen-bond donors (Lipinski definition) is 0. The van der Waals surface area contributed by atoms with Crippen LogP contribution in [0.1, 0.15) is 27.2 Å². The smallest absolute Gasteiger partial charge is 0.0491 e. The number of benzene rings is 1. The van der Waals surface area contributed by atoms with Gasteiger partial charge in [-0.15, -0.1) is 0 Å². The van der Waals surface area contributed by atoms with E-state index in [0.29, 0.717) is 5.41 Å². The highest BCUT2D eigenvalue weighted by Crippen LogP contribution is 2.24. The summed E-state index contributed by atoms with van der Waals surface area (Å²) in [6.45, 7) is 7.95. The Bertz CT molecular complexity index is 491. The second kappa shape index (κ2) is 4.25. The van der Waals surface area contributed by atoms with Crippen LogP contribution in [-0.2, 0) is 6.54 Å². The van der Waals surface area contributed by atoms with Gasteiger partial charge in [-0.2, -0.15) is 0 Å². The molecular weight excluding hydrogens is 262 g/mol. The monoisotopic (exact) mass is 279 g/mol. The maximum Gasteiger partial charge on any atom is 0.0491 e. The molecule has 86 valence electrons. The van der Waals surface area contributed by atoms with Crippen molar-refractivity contribution in [2.24, 2.45) is 5.41 Å². The molecule has 1 aromatic heterocycles. The largest absolute Gasteiger partial charge is 0.347 e. The summed E-state index contributed by atoms with van der Waals surface area (Å²) in [6.07, 6.45) is 3.38.